The third kappa shape index (κ3) is 2.46. The molecule has 0 aliphatic heterocycles. The second-order valence-corrected chi connectivity index (χ2v) is 4.57. The van der Waals surface area contributed by atoms with Crippen molar-refractivity contribution < 1.29 is 4.42 Å². The van der Waals surface area contributed by atoms with E-state index >= 15 is 0 Å². The molecule has 0 unspecified atom stereocenters. The van der Waals surface area contributed by atoms with Gasteiger partial charge >= 0.3 is 0 Å². The van der Waals surface area contributed by atoms with Gasteiger partial charge in [-0.1, -0.05) is 29.3 Å². The Hall–Kier alpha value is -1.43. The summed E-state index contributed by atoms with van der Waals surface area (Å²) in [5.74, 6) is 0.361. The van der Waals surface area contributed by atoms with Crippen LogP contribution in [0.2, 0.25) is 10.0 Å². The summed E-state index contributed by atoms with van der Waals surface area (Å²) >= 11 is 11.8. The quantitative estimate of drug-likeness (QED) is 0.809. The van der Waals surface area contributed by atoms with Crippen LogP contribution in [0.3, 0.4) is 0 Å². The number of furan rings is 1. The minimum atomic E-state index is 0.361. The van der Waals surface area contributed by atoms with Crippen LogP contribution in [0.4, 0.5) is 0 Å². The number of rotatable bonds is 2. The fraction of sp³-hybridized carbons (Fsp3) is 0.154. The Morgan fingerprint density at radius 2 is 2.06 bits per heavy atom. The van der Waals surface area contributed by atoms with Crippen LogP contribution in [-0.4, -0.2) is 0 Å². The average molecular weight is 266 g/mol. The van der Waals surface area contributed by atoms with E-state index in [1.807, 2.05) is 25.1 Å². The molecule has 17 heavy (non-hydrogen) atoms. The summed E-state index contributed by atoms with van der Waals surface area (Å²) in [4.78, 5) is 0. The molecule has 0 aliphatic rings. The molecule has 1 aromatic heterocycles. The van der Waals surface area contributed by atoms with E-state index in [1.165, 1.54) is 0 Å². The van der Waals surface area contributed by atoms with Crippen LogP contribution in [0.15, 0.2) is 28.9 Å². The summed E-state index contributed by atoms with van der Waals surface area (Å²) in [5.41, 5.74) is 2.89. The number of nitrogens with zero attached hydrogens (tertiary/aromatic N) is 1. The maximum absolute atomic E-state index is 8.80. The summed E-state index contributed by atoms with van der Waals surface area (Å²) in [6.07, 6.45) is 2.28. The first-order valence-corrected chi connectivity index (χ1v) is 5.78. The maximum atomic E-state index is 8.80. The van der Waals surface area contributed by atoms with Crippen molar-refractivity contribution >= 4 is 23.2 Å². The van der Waals surface area contributed by atoms with E-state index in [2.05, 4.69) is 0 Å². The van der Waals surface area contributed by atoms with Gasteiger partial charge in [0.2, 0.25) is 5.76 Å². The molecule has 2 rings (SSSR count). The van der Waals surface area contributed by atoms with Crippen molar-refractivity contribution in [1.82, 2.24) is 0 Å². The zero-order chi connectivity index (χ0) is 12.4. The number of hydrogen-bond acceptors (Lipinski definition) is 2. The largest absolute Gasteiger partial charge is 0.453 e. The molecular formula is C13H9Cl2NO. The lowest BCUT2D eigenvalue weighted by molar-refractivity contribution is 0.548. The topological polar surface area (TPSA) is 36.9 Å². The van der Waals surface area contributed by atoms with Gasteiger partial charge < -0.3 is 4.42 Å². The van der Waals surface area contributed by atoms with Crippen molar-refractivity contribution in [1.29, 1.82) is 5.26 Å². The van der Waals surface area contributed by atoms with E-state index < -0.39 is 0 Å². The minimum absolute atomic E-state index is 0.361. The first-order valence-electron chi connectivity index (χ1n) is 5.03. The Bertz CT molecular complexity index is 596. The van der Waals surface area contributed by atoms with E-state index in [-0.39, 0.29) is 0 Å². The highest BCUT2D eigenvalue weighted by molar-refractivity contribution is 6.42. The minimum Gasteiger partial charge on any atom is -0.453 e. The first kappa shape index (κ1) is 12.0. The zero-order valence-electron chi connectivity index (χ0n) is 9.13. The molecule has 0 amide bonds. The molecule has 0 atom stereocenters. The van der Waals surface area contributed by atoms with E-state index in [1.54, 1.807) is 12.3 Å². The molecule has 0 saturated carbocycles. The molecule has 0 aliphatic carbocycles. The normalized spacial score (nSPS) is 10.2. The van der Waals surface area contributed by atoms with Gasteiger partial charge in [-0.2, -0.15) is 5.26 Å². The lowest BCUT2D eigenvalue weighted by Crippen LogP contribution is -1.89. The van der Waals surface area contributed by atoms with Crippen LogP contribution in [-0.2, 0) is 6.42 Å². The van der Waals surface area contributed by atoms with Gasteiger partial charge in [0.15, 0.2) is 0 Å². The molecule has 0 radical (unpaired) electrons. The summed E-state index contributed by atoms with van der Waals surface area (Å²) in [6, 6.07) is 7.50. The van der Waals surface area contributed by atoms with Gasteiger partial charge in [-0.3, -0.25) is 0 Å². The number of halogens is 2. The van der Waals surface area contributed by atoms with Crippen LogP contribution in [0, 0.1) is 18.3 Å². The fourth-order valence-corrected chi connectivity index (χ4v) is 1.93. The summed E-state index contributed by atoms with van der Waals surface area (Å²) in [5, 5.41) is 9.87. The molecule has 0 saturated heterocycles. The predicted molar refractivity (Wildman–Crippen MR) is 67.4 cm³/mol. The first-order chi connectivity index (χ1) is 8.11. The third-order valence-electron chi connectivity index (χ3n) is 2.62. The Morgan fingerprint density at radius 3 is 2.65 bits per heavy atom. The van der Waals surface area contributed by atoms with Gasteiger partial charge in [0.25, 0.3) is 0 Å². The van der Waals surface area contributed by atoms with Gasteiger partial charge in [0.05, 0.1) is 16.3 Å². The van der Waals surface area contributed by atoms with E-state index in [9.17, 15) is 0 Å². The summed E-state index contributed by atoms with van der Waals surface area (Å²) < 4.78 is 5.15. The van der Waals surface area contributed by atoms with Crippen LogP contribution in [0.25, 0.3) is 0 Å². The molecule has 1 aromatic carbocycles. The molecule has 0 N–H and O–H groups in total. The SMILES string of the molecule is Cc1c(Cc2ccc(Cl)c(Cl)c2)coc1C#N. The van der Waals surface area contributed by atoms with Crippen LogP contribution in [0.5, 0.6) is 0 Å². The number of hydrogen-bond donors (Lipinski definition) is 0. The number of nitriles is 1. The van der Waals surface area contributed by atoms with Crippen molar-refractivity contribution in [2.75, 3.05) is 0 Å². The van der Waals surface area contributed by atoms with Crippen molar-refractivity contribution in [2.45, 2.75) is 13.3 Å². The Morgan fingerprint density at radius 1 is 1.29 bits per heavy atom. The molecule has 1 heterocycles. The highest BCUT2D eigenvalue weighted by Crippen LogP contribution is 2.25. The van der Waals surface area contributed by atoms with Crippen molar-refractivity contribution in [3.05, 3.63) is 57.0 Å². The van der Waals surface area contributed by atoms with Gasteiger partial charge in [-0.05, 0) is 30.2 Å². The van der Waals surface area contributed by atoms with Crippen LogP contribution < -0.4 is 0 Å². The molecule has 0 bridgehead atoms. The molecule has 2 aromatic rings. The standard InChI is InChI=1S/C13H9Cl2NO/c1-8-10(7-17-13(8)6-16)4-9-2-3-11(14)12(15)5-9/h2-3,5,7H,4H2,1H3. The smallest absolute Gasteiger partial charge is 0.206 e. The lowest BCUT2D eigenvalue weighted by Gasteiger charge is -2.02. The zero-order valence-corrected chi connectivity index (χ0v) is 10.6. The highest BCUT2D eigenvalue weighted by Gasteiger charge is 2.10. The molecule has 0 spiro atoms. The van der Waals surface area contributed by atoms with E-state index in [4.69, 9.17) is 32.9 Å². The van der Waals surface area contributed by atoms with Crippen molar-refractivity contribution in [3.8, 4) is 6.07 Å². The fourth-order valence-electron chi connectivity index (χ4n) is 1.61. The summed E-state index contributed by atoms with van der Waals surface area (Å²) in [7, 11) is 0. The van der Waals surface area contributed by atoms with Crippen molar-refractivity contribution in [3.63, 3.8) is 0 Å². The molecule has 0 fully saturated rings. The van der Waals surface area contributed by atoms with Gasteiger partial charge in [-0.25, -0.2) is 0 Å². The third-order valence-corrected chi connectivity index (χ3v) is 3.36. The highest BCUT2D eigenvalue weighted by atomic mass is 35.5. The second kappa shape index (κ2) is 4.83. The van der Waals surface area contributed by atoms with Gasteiger partial charge in [-0.15, -0.1) is 0 Å². The van der Waals surface area contributed by atoms with Gasteiger partial charge in [0.1, 0.15) is 6.07 Å². The molecule has 2 nitrogen and oxygen atoms in total. The van der Waals surface area contributed by atoms with E-state index in [0.29, 0.717) is 22.2 Å². The number of benzene rings is 1. The van der Waals surface area contributed by atoms with E-state index in [0.717, 1.165) is 16.7 Å². The molecule has 4 heteroatoms. The summed E-state index contributed by atoms with van der Waals surface area (Å²) in [6.45, 7) is 1.87. The lowest BCUT2D eigenvalue weighted by atomic mass is 10.0. The van der Waals surface area contributed by atoms with Gasteiger partial charge in [0, 0.05) is 12.0 Å². The Kier molecular flexibility index (Phi) is 3.42. The van der Waals surface area contributed by atoms with Crippen molar-refractivity contribution in [2.24, 2.45) is 0 Å². The molecule has 86 valence electrons. The predicted octanol–water partition coefficient (Wildman–Crippen LogP) is 4.36. The monoisotopic (exact) mass is 265 g/mol. The van der Waals surface area contributed by atoms with Crippen LogP contribution in [0.1, 0.15) is 22.5 Å². The Balaban J connectivity index is 2.29. The second-order valence-electron chi connectivity index (χ2n) is 3.75. The average Bonchev–Trinajstić information content (AvgIpc) is 2.65. The Labute approximate surface area is 109 Å². The maximum Gasteiger partial charge on any atom is 0.206 e. The van der Waals surface area contributed by atoms with Crippen LogP contribution >= 0.6 is 23.2 Å². The molecular weight excluding hydrogens is 257 g/mol.